The van der Waals surface area contributed by atoms with Gasteiger partial charge in [0.15, 0.2) is 7.05 Å². The molecule has 2 amide bonds. The van der Waals surface area contributed by atoms with Crippen LogP contribution in [0.1, 0.15) is 31.8 Å². The second kappa shape index (κ2) is 9.79. The zero-order valence-electron chi connectivity index (χ0n) is 16.7. The molecule has 2 aromatic carbocycles. The fraction of sp³-hybridized carbons (Fsp3) is 0.250. The van der Waals surface area contributed by atoms with Crippen LogP contribution in [0.3, 0.4) is 0 Å². The number of anilines is 1. The minimum Gasteiger partial charge on any atom is -0.342 e. The Kier molecular flexibility index (Phi) is 7.80. The van der Waals surface area contributed by atoms with Gasteiger partial charge < -0.3 is 10.6 Å². The summed E-state index contributed by atoms with van der Waals surface area (Å²) in [5, 5.41) is 14.0. The fourth-order valence-electron chi connectivity index (χ4n) is 2.66. The third kappa shape index (κ3) is 5.72. The average Bonchev–Trinajstić information content (AvgIpc) is 2.67. The molecular weight excluding hydrogens is 552 g/mol. The van der Waals surface area contributed by atoms with E-state index in [1.807, 2.05) is 22.6 Å². The van der Waals surface area contributed by atoms with Crippen molar-refractivity contribution in [3.8, 4) is 0 Å². The summed E-state index contributed by atoms with van der Waals surface area (Å²) in [5.41, 5.74) is -1.25. The van der Waals surface area contributed by atoms with Crippen molar-refractivity contribution in [1.29, 1.82) is 0 Å². The highest BCUT2D eigenvalue weighted by molar-refractivity contribution is 14.1. The van der Waals surface area contributed by atoms with Crippen molar-refractivity contribution in [2.45, 2.75) is 19.0 Å². The van der Waals surface area contributed by atoms with Gasteiger partial charge in [-0.3, -0.25) is 14.8 Å². The number of carbonyl (C=O) groups is 2. The van der Waals surface area contributed by atoms with Gasteiger partial charge in [-0.05, 0) is 64.1 Å². The lowest BCUT2D eigenvalue weighted by atomic mass is 10.0. The van der Waals surface area contributed by atoms with Gasteiger partial charge >= 0.3 is 12.1 Å². The molecule has 0 heterocycles. The molecule has 32 heavy (non-hydrogen) atoms. The first-order chi connectivity index (χ1) is 14.8. The summed E-state index contributed by atoms with van der Waals surface area (Å²) in [4.78, 5) is 25.3. The van der Waals surface area contributed by atoms with Crippen LogP contribution < -0.4 is 10.6 Å². The van der Waals surface area contributed by atoms with Gasteiger partial charge in [-0.25, -0.2) is 0 Å². The Hall–Kier alpha value is -2.77. The van der Waals surface area contributed by atoms with E-state index in [1.54, 1.807) is 6.07 Å². The number of benzene rings is 2. The normalized spacial score (nSPS) is 12.4. The largest absolute Gasteiger partial charge is 0.458 e. The van der Waals surface area contributed by atoms with Gasteiger partial charge in [0.05, 0.1) is 17.7 Å². The van der Waals surface area contributed by atoms with E-state index < -0.39 is 29.5 Å². The molecule has 0 unspecified atom stereocenters. The quantitative estimate of drug-likeness (QED) is 0.121. The Balaban J connectivity index is 2.31. The summed E-state index contributed by atoms with van der Waals surface area (Å²) < 4.78 is 66.1. The van der Waals surface area contributed by atoms with Crippen molar-refractivity contribution < 1.29 is 41.5 Å². The first kappa shape index (κ1) is 25.5. The topological polar surface area (TPSA) is 81.4 Å². The Bertz CT molecular complexity index is 1070. The summed E-state index contributed by atoms with van der Waals surface area (Å²) >= 11 is 1.86. The first-order valence-electron chi connectivity index (χ1n) is 8.94. The van der Waals surface area contributed by atoms with Crippen molar-refractivity contribution in [2.75, 3.05) is 18.9 Å². The third-order valence-corrected chi connectivity index (χ3v) is 5.20. The number of aryl methyl sites for hydroxylation is 1. The van der Waals surface area contributed by atoms with E-state index in [1.165, 1.54) is 32.3 Å². The van der Waals surface area contributed by atoms with Crippen LogP contribution in [0.25, 0.3) is 0 Å². The van der Waals surface area contributed by atoms with Crippen LogP contribution in [0.15, 0.2) is 36.4 Å². The van der Waals surface area contributed by atoms with E-state index in [-0.39, 0.29) is 28.9 Å². The van der Waals surface area contributed by atoms with Crippen molar-refractivity contribution in [1.82, 2.24) is 5.32 Å². The summed E-state index contributed by atoms with van der Waals surface area (Å²) in [7, 11) is 1.34. The summed E-state index contributed by atoms with van der Waals surface area (Å²) in [6.45, 7) is 1.25. The second-order valence-corrected chi connectivity index (χ2v) is 7.85. The maximum Gasteiger partial charge on any atom is 0.458 e. The van der Waals surface area contributed by atoms with Crippen molar-refractivity contribution in [2.24, 2.45) is 0 Å². The van der Waals surface area contributed by atoms with Crippen LogP contribution in [0, 0.1) is 10.5 Å². The fourth-order valence-corrected chi connectivity index (χ4v) is 3.40. The molecular formula is C20H18F5IN3O3+. The van der Waals surface area contributed by atoms with Crippen LogP contribution in [0.5, 0.6) is 0 Å². The molecule has 2 aromatic rings. The number of halogens is 6. The zero-order valence-corrected chi connectivity index (χ0v) is 18.9. The lowest BCUT2D eigenvalue weighted by Gasteiger charge is -2.21. The molecule has 12 heteroatoms. The number of hydrogen-bond acceptors (Lipinski definition) is 3. The SMILES string of the molecule is Cc1cc(C(F)(F)C(F)(F)F)ccc1NC(=O)c1cccc(I)c1C(=O)NCC=[N+](C)O. The monoisotopic (exact) mass is 570 g/mol. The second-order valence-electron chi connectivity index (χ2n) is 6.68. The molecule has 172 valence electrons. The number of amides is 2. The molecule has 0 aliphatic heterocycles. The van der Waals surface area contributed by atoms with Crippen molar-refractivity contribution in [3.63, 3.8) is 0 Å². The maximum atomic E-state index is 13.6. The number of alkyl halides is 5. The van der Waals surface area contributed by atoms with Crippen molar-refractivity contribution in [3.05, 3.63) is 62.2 Å². The molecule has 0 atom stereocenters. The molecule has 0 radical (unpaired) electrons. The number of hydrogen-bond donors (Lipinski definition) is 3. The van der Waals surface area contributed by atoms with Crippen molar-refractivity contribution >= 4 is 46.3 Å². The molecule has 0 aromatic heterocycles. The van der Waals surface area contributed by atoms with E-state index >= 15 is 0 Å². The van der Waals surface area contributed by atoms with Gasteiger partial charge in [0.2, 0.25) is 6.21 Å². The number of hydroxylamine groups is 1. The lowest BCUT2D eigenvalue weighted by molar-refractivity contribution is -0.751. The minimum atomic E-state index is -5.75. The van der Waals surface area contributed by atoms with E-state index in [4.69, 9.17) is 5.21 Å². The highest BCUT2D eigenvalue weighted by Crippen LogP contribution is 2.44. The predicted octanol–water partition coefficient (Wildman–Crippen LogP) is 4.34. The molecule has 0 aliphatic carbocycles. The summed E-state index contributed by atoms with van der Waals surface area (Å²) in [6.07, 6.45) is -4.48. The molecule has 0 spiro atoms. The molecule has 2 rings (SSSR count). The predicted molar refractivity (Wildman–Crippen MR) is 115 cm³/mol. The van der Waals surface area contributed by atoms with Gasteiger partial charge in [0.25, 0.3) is 11.8 Å². The number of carbonyl (C=O) groups excluding carboxylic acids is 2. The highest BCUT2D eigenvalue weighted by atomic mass is 127. The van der Waals surface area contributed by atoms with E-state index in [9.17, 15) is 31.5 Å². The molecule has 0 aliphatic rings. The van der Waals surface area contributed by atoms with Crippen LogP contribution in [0.2, 0.25) is 0 Å². The van der Waals surface area contributed by atoms with Crippen LogP contribution in [-0.4, -0.2) is 47.7 Å². The van der Waals surface area contributed by atoms with E-state index in [2.05, 4.69) is 10.6 Å². The molecule has 0 saturated carbocycles. The lowest BCUT2D eigenvalue weighted by Crippen LogP contribution is -2.33. The van der Waals surface area contributed by atoms with E-state index in [0.717, 1.165) is 10.8 Å². The van der Waals surface area contributed by atoms with Crippen LogP contribution >= 0.6 is 22.6 Å². The van der Waals surface area contributed by atoms with Gasteiger partial charge in [-0.2, -0.15) is 22.0 Å². The molecule has 0 bridgehead atoms. The van der Waals surface area contributed by atoms with Gasteiger partial charge in [-0.1, -0.05) is 12.1 Å². The van der Waals surface area contributed by atoms with Crippen LogP contribution in [-0.2, 0) is 5.92 Å². The van der Waals surface area contributed by atoms with Crippen LogP contribution in [0.4, 0.5) is 27.6 Å². The van der Waals surface area contributed by atoms with Gasteiger partial charge in [0.1, 0.15) is 0 Å². The molecule has 0 saturated heterocycles. The molecule has 6 nitrogen and oxygen atoms in total. The standard InChI is InChI=1S/C20H17F5IN3O3/c1-11-10-12(19(21,22)20(23,24)25)6-7-15(11)28-17(30)13-4-3-5-14(26)16(13)18(31)27-8-9-29(2)32/h3-7,9-10H,8H2,1-2H3,(H2-,27,28,30,31,32)/p+1. The molecule has 0 fully saturated rings. The maximum absolute atomic E-state index is 13.6. The zero-order chi connectivity index (χ0) is 24.3. The van der Waals surface area contributed by atoms with E-state index in [0.29, 0.717) is 15.7 Å². The summed E-state index contributed by atoms with van der Waals surface area (Å²) in [6, 6.07) is 6.67. The number of nitrogens with zero attached hydrogens (tertiary/aromatic N) is 1. The third-order valence-electron chi connectivity index (χ3n) is 4.30. The Morgan fingerprint density at radius 2 is 1.78 bits per heavy atom. The van der Waals surface area contributed by atoms with Gasteiger partial charge in [-0.15, -0.1) is 0 Å². The highest BCUT2D eigenvalue weighted by Gasteiger charge is 2.58. The first-order valence-corrected chi connectivity index (χ1v) is 10.0. The Labute approximate surface area is 193 Å². The smallest absolute Gasteiger partial charge is 0.342 e. The minimum absolute atomic E-state index is 0.0113. The number of nitrogens with one attached hydrogen (secondary N) is 2. The average molecular weight is 570 g/mol. The molecule has 3 N–H and O–H groups in total. The Morgan fingerprint density at radius 1 is 1.12 bits per heavy atom. The Morgan fingerprint density at radius 3 is 2.34 bits per heavy atom. The van der Waals surface area contributed by atoms with Gasteiger partial charge in [0, 0.05) is 14.8 Å². The number of rotatable bonds is 6. The summed E-state index contributed by atoms with van der Waals surface area (Å²) in [5.74, 6) is -6.40.